The average Bonchev–Trinajstić information content (AvgIpc) is 2.42. The van der Waals surface area contributed by atoms with Crippen LogP contribution in [0.4, 0.5) is 5.69 Å². The highest BCUT2D eigenvalue weighted by Crippen LogP contribution is 2.20. The van der Waals surface area contributed by atoms with E-state index in [9.17, 15) is 0 Å². The molecule has 2 aromatic rings. The van der Waals surface area contributed by atoms with Crippen LogP contribution in [0.1, 0.15) is 12.5 Å². The zero-order valence-corrected chi connectivity index (χ0v) is 10.9. The Balaban J connectivity index is 2.17. The van der Waals surface area contributed by atoms with E-state index in [1.54, 1.807) is 0 Å². The predicted octanol–water partition coefficient (Wildman–Crippen LogP) is 4.40. The van der Waals surface area contributed by atoms with Gasteiger partial charge in [0.05, 0.1) is 12.3 Å². The summed E-state index contributed by atoms with van der Waals surface area (Å²) in [5.74, 6) is 0.840. The lowest BCUT2D eigenvalue weighted by Gasteiger charge is -2.03. The van der Waals surface area contributed by atoms with Crippen molar-refractivity contribution in [3.63, 3.8) is 0 Å². The molecule has 0 aliphatic heterocycles. The molecule has 0 fully saturated rings. The van der Waals surface area contributed by atoms with E-state index < -0.39 is 0 Å². The molecule has 2 aromatic carbocycles. The summed E-state index contributed by atoms with van der Waals surface area (Å²) in [6.07, 6.45) is 0. The van der Waals surface area contributed by atoms with E-state index in [1.165, 1.54) is 0 Å². The van der Waals surface area contributed by atoms with Gasteiger partial charge in [-0.1, -0.05) is 41.9 Å². The number of halogens is 1. The van der Waals surface area contributed by atoms with Gasteiger partial charge < -0.3 is 4.74 Å². The molecule has 0 aromatic heterocycles. The first-order chi connectivity index (χ1) is 8.79. The van der Waals surface area contributed by atoms with E-state index >= 15 is 0 Å². The van der Waals surface area contributed by atoms with Gasteiger partial charge in [0.25, 0.3) is 0 Å². The van der Waals surface area contributed by atoms with Crippen LogP contribution in [0.15, 0.2) is 59.6 Å². The molecule has 0 radical (unpaired) electrons. The second-order valence-electron chi connectivity index (χ2n) is 3.70. The van der Waals surface area contributed by atoms with E-state index in [1.807, 2.05) is 61.5 Å². The van der Waals surface area contributed by atoms with Crippen molar-refractivity contribution >= 4 is 22.5 Å². The van der Waals surface area contributed by atoms with Crippen LogP contribution in [-0.4, -0.2) is 11.8 Å². The standard InChI is InChI=1S/C15H14ClNO/c1-2-18-14-10-8-13(9-11-14)17-15(16)12-6-4-3-5-7-12/h3-11H,2H2,1H3. The minimum Gasteiger partial charge on any atom is -0.494 e. The fourth-order valence-corrected chi connectivity index (χ4v) is 1.76. The maximum Gasteiger partial charge on any atom is 0.136 e. The van der Waals surface area contributed by atoms with Crippen LogP contribution in [0, 0.1) is 0 Å². The minimum atomic E-state index is 0.486. The Kier molecular flexibility index (Phi) is 4.37. The third-order valence-electron chi connectivity index (χ3n) is 2.39. The van der Waals surface area contributed by atoms with Gasteiger partial charge in [0.1, 0.15) is 10.9 Å². The lowest BCUT2D eigenvalue weighted by Crippen LogP contribution is -1.91. The summed E-state index contributed by atoms with van der Waals surface area (Å²) in [6.45, 7) is 2.62. The van der Waals surface area contributed by atoms with Crippen LogP contribution in [-0.2, 0) is 0 Å². The van der Waals surface area contributed by atoms with Gasteiger partial charge in [-0.2, -0.15) is 0 Å². The molecule has 0 atom stereocenters. The smallest absolute Gasteiger partial charge is 0.136 e. The molecule has 0 unspecified atom stereocenters. The lowest BCUT2D eigenvalue weighted by molar-refractivity contribution is 0.340. The zero-order chi connectivity index (χ0) is 12.8. The van der Waals surface area contributed by atoms with Crippen molar-refractivity contribution in [2.75, 3.05) is 6.61 Å². The first kappa shape index (κ1) is 12.7. The molecule has 3 heteroatoms. The van der Waals surface area contributed by atoms with Crippen molar-refractivity contribution < 1.29 is 4.74 Å². The highest BCUT2D eigenvalue weighted by molar-refractivity contribution is 6.69. The molecule has 92 valence electrons. The fourth-order valence-electron chi connectivity index (χ4n) is 1.54. The fraction of sp³-hybridized carbons (Fsp3) is 0.133. The first-order valence-electron chi connectivity index (χ1n) is 5.82. The molecule has 0 amide bonds. The van der Waals surface area contributed by atoms with Crippen LogP contribution in [0.5, 0.6) is 5.75 Å². The molecule has 0 saturated heterocycles. The number of aliphatic imine (C=N–C) groups is 1. The maximum absolute atomic E-state index is 6.16. The van der Waals surface area contributed by atoms with Gasteiger partial charge in [0.15, 0.2) is 0 Å². The molecule has 0 saturated carbocycles. The van der Waals surface area contributed by atoms with Gasteiger partial charge in [0.2, 0.25) is 0 Å². The van der Waals surface area contributed by atoms with Crippen molar-refractivity contribution in [1.82, 2.24) is 0 Å². The van der Waals surface area contributed by atoms with Crippen molar-refractivity contribution in [1.29, 1.82) is 0 Å². The Morgan fingerprint density at radius 3 is 2.33 bits per heavy atom. The molecule has 0 bridgehead atoms. The van der Waals surface area contributed by atoms with Crippen LogP contribution in [0.25, 0.3) is 0 Å². The highest BCUT2D eigenvalue weighted by Gasteiger charge is 1.99. The summed E-state index contributed by atoms with van der Waals surface area (Å²) in [5, 5.41) is 0.486. The van der Waals surface area contributed by atoms with Crippen molar-refractivity contribution in [2.24, 2.45) is 4.99 Å². The van der Waals surface area contributed by atoms with E-state index in [0.29, 0.717) is 11.8 Å². The van der Waals surface area contributed by atoms with Crippen molar-refractivity contribution in [3.8, 4) is 5.75 Å². The summed E-state index contributed by atoms with van der Waals surface area (Å²) in [7, 11) is 0. The Bertz CT molecular complexity index is 520. The lowest BCUT2D eigenvalue weighted by atomic mass is 10.2. The number of benzene rings is 2. The molecule has 0 N–H and O–H groups in total. The van der Waals surface area contributed by atoms with Crippen LogP contribution >= 0.6 is 11.6 Å². The topological polar surface area (TPSA) is 21.6 Å². The van der Waals surface area contributed by atoms with E-state index in [-0.39, 0.29) is 0 Å². The quantitative estimate of drug-likeness (QED) is 0.746. The second-order valence-corrected chi connectivity index (χ2v) is 4.05. The Morgan fingerprint density at radius 1 is 1.06 bits per heavy atom. The van der Waals surface area contributed by atoms with Gasteiger partial charge >= 0.3 is 0 Å². The first-order valence-corrected chi connectivity index (χ1v) is 6.20. The maximum atomic E-state index is 6.16. The van der Waals surface area contributed by atoms with Crippen LogP contribution in [0.2, 0.25) is 0 Å². The van der Waals surface area contributed by atoms with Gasteiger partial charge in [-0.15, -0.1) is 0 Å². The van der Waals surface area contributed by atoms with Crippen LogP contribution in [0.3, 0.4) is 0 Å². The molecule has 0 heterocycles. The molecule has 0 aliphatic carbocycles. The third-order valence-corrected chi connectivity index (χ3v) is 2.69. The minimum absolute atomic E-state index is 0.486. The summed E-state index contributed by atoms with van der Waals surface area (Å²) >= 11 is 6.16. The van der Waals surface area contributed by atoms with Gasteiger partial charge in [-0.3, -0.25) is 0 Å². The van der Waals surface area contributed by atoms with Gasteiger partial charge in [-0.25, -0.2) is 4.99 Å². The third kappa shape index (κ3) is 3.34. The monoisotopic (exact) mass is 259 g/mol. The number of hydrogen-bond donors (Lipinski definition) is 0. The summed E-state index contributed by atoms with van der Waals surface area (Å²) in [6, 6.07) is 17.2. The summed E-state index contributed by atoms with van der Waals surface area (Å²) in [4.78, 5) is 4.36. The Hall–Kier alpha value is -1.80. The van der Waals surface area contributed by atoms with E-state index in [0.717, 1.165) is 17.0 Å². The molecule has 0 aliphatic rings. The molecular formula is C15H14ClNO. The van der Waals surface area contributed by atoms with Crippen molar-refractivity contribution in [2.45, 2.75) is 6.92 Å². The molecular weight excluding hydrogens is 246 g/mol. The number of ether oxygens (including phenoxy) is 1. The van der Waals surface area contributed by atoms with E-state index in [2.05, 4.69) is 4.99 Å². The summed E-state index contributed by atoms with van der Waals surface area (Å²) in [5.41, 5.74) is 1.72. The van der Waals surface area contributed by atoms with Crippen LogP contribution < -0.4 is 4.74 Å². The normalized spacial score (nSPS) is 11.3. The number of nitrogens with zero attached hydrogens (tertiary/aromatic N) is 1. The molecule has 0 spiro atoms. The second kappa shape index (κ2) is 6.22. The number of hydrogen-bond acceptors (Lipinski definition) is 2. The largest absolute Gasteiger partial charge is 0.494 e. The van der Waals surface area contributed by atoms with Gasteiger partial charge in [-0.05, 0) is 31.2 Å². The van der Waals surface area contributed by atoms with Crippen molar-refractivity contribution in [3.05, 3.63) is 60.2 Å². The highest BCUT2D eigenvalue weighted by atomic mass is 35.5. The average molecular weight is 260 g/mol. The van der Waals surface area contributed by atoms with E-state index in [4.69, 9.17) is 16.3 Å². The molecule has 2 rings (SSSR count). The summed E-state index contributed by atoms with van der Waals surface area (Å²) < 4.78 is 5.37. The number of rotatable bonds is 4. The Morgan fingerprint density at radius 2 is 1.72 bits per heavy atom. The Labute approximate surface area is 112 Å². The zero-order valence-electron chi connectivity index (χ0n) is 10.1. The SMILES string of the molecule is CCOc1ccc(N=C(Cl)c2ccccc2)cc1. The molecule has 2 nitrogen and oxygen atoms in total. The van der Waals surface area contributed by atoms with Gasteiger partial charge in [0, 0.05) is 5.56 Å². The predicted molar refractivity (Wildman–Crippen MR) is 76.1 cm³/mol. The molecule has 18 heavy (non-hydrogen) atoms.